The van der Waals surface area contributed by atoms with Crippen molar-refractivity contribution < 1.29 is 9.53 Å². The number of carbonyl (C=O) groups is 1. The van der Waals surface area contributed by atoms with Gasteiger partial charge in [-0.3, -0.25) is 4.79 Å². The van der Waals surface area contributed by atoms with Gasteiger partial charge in [-0.25, -0.2) is 9.50 Å². The van der Waals surface area contributed by atoms with Crippen LogP contribution in [-0.4, -0.2) is 40.7 Å². The number of methoxy groups -OCH3 is 1. The Kier molecular flexibility index (Phi) is 5.49. The third-order valence-corrected chi connectivity index (χ3v) is 6.52. The van der Waals surface area contributed by atoms with Crippen LogP contribution in [0, 0.1) is 5.92 Å². The molecular weight excluding hydrogens is 390 g/mol. The highest BCUT2D eigenvalue weighted by Gasteiger charge is 2.29. The lowest BCUT2D eigenvalue weighted by Gasteiger charge is -2.33. The van der Waals surface area contributed by atoms with E-state index >= 15 is 0 Å². The average molecular weight is 420 g/mol. The third kappa shape index (κ3) is 3.96. The minimum atomic E-state index is -0.0344. The third-order valence-electron chi connectivity index (χ3n) is 6.52. The summed E-state index contributed by atoms with van der Waals surface area (Å²) in [7, 11) is 1.65. The highest BCUT2D eigenvalue weighted by molar-refractivity contribution is 5.80. The predicted molar refractivity (Wildman–Crippen MR) is 119 cm³/mol. The molecule has 1 amide bonds. The van der Waals surface area contributed by atoms with E-state index in [0.717, 1.165) is 54.9 Å². The van der Waals surface area contributed by atoms with Crippen molar-refractivity contribution in [2.75, 3.05) is 25.1 Å². The molecule has 0 unspecified atom stereocenters. The van der Waals surface area contributed by atoms with Gasteiger partial charge in [-0.15, -0.1) is 0 Å². The molecule has 31 heavy (non-hydrogen) atoms. The molecule has 0 saturated carbocycles. The number of nitrogens with one attached hydrogen (secondary N) is 1. The van der Waals surface area contributed by atoms with E-state index in [-0.39, 0.29) is 11.8 Å². The van der Waals surface area contributed by atoms with Gasteiger partial charge in [0.25, 0.3) is 0 Å². The first-order valence-electron chi connectivity index (χ1n) is 11.2. The first kappa shape index (κ1) is 19.8. The van der Waals surface area contributed by atoms with Crippen LogP contribution < -0.4 is 15.0 Å². The van der Waals surface area contributed by atoms with Crippen molar-refractivity contribution in [1.82, 2.24) is 19.9 Å². The number of nitrogens with zero attached hydrogens (tertiary/aromatic N) is 4. The number of hydrogen-bond acceptors (Lipinski definition) is 5. The van der Waals surface area contributed by atoms with E-state index in [2.05, 4.69) is 10.2 Å². The minimum absolute atomic E-state index is 0.0344. The minimum Gasteiger partial charge on any atom is -0.497 e. The van der Waals surface area contributed by atoms with Crippen molar-refractivity contribution in [1.29, 1.82) is 0 Å². The first-order chi connectivity index (χ1) is 15.2. The zero-order valence-corrected chi connectivity index (χ0v) is 18.0. The number of ether oxygens (including phenoxy) is 1. The Morgan fingerprint density at radius 1 is 1.19 bits per heavy atom. The van der Waals surface area contributed by atoms with Crippen molar-refractivity contribution >= 4 is 17.2 Å². The second-order valence-electron chi connectivity index (χ2n) is 8.53. The Labute approximate surface area is 182 Å². The van der Waals surface area contributed by atoms with Gasteiger partial charge in [0.2, 0.25) is 5.91 Å². The summed E-state index contributed by atoms with van der Waals surface area (Å²) < 4.78 is 7.19. The quantitative estimate of drug-likeness (QED) is 0.688. The summed E-state index contributed by atoms with van der Waals surface area (Å²) >= 11 is 0. The van der Waals surface area contributed by atoms with E-state index < -0.39 is 0 Å². The molecule has 0 bridgehead atoms. The predicted octanol–water partition coefficient (Wildman–Crippen LogP) is 3.15. The van der Waals surface area contributed by atoms with Gasteiger partial charge in [0.15, 0.2) is 5.82 Å². The van der Waals surface area contributed by atoms with Gasteiger partial charge in [-0.05, 0) is 56.2 Å². The number of hydrogen-bond donors (Lipinski definition) is 1. The number of benzene rings is 1. The summed E-state index contributed by atoms with van der Waals surface area (Å²) in [5.74, 6) is 1.88. The molecule has 1 saturated heterocycles. The molecular formula is C24H29N5O2. The monoisotopic (exact) mass is 419 g/mol. The number of fused-ring (bicyclic) bond motifs is 3. The van der Waals surface area contributed by atoms with Crippen LogP contribution in [0.1, 0.15) is 42.5 Å². The van der Waals surface area contributed by atoms with Gasteiger partial charge < -0.3 is 15.0 Å². The van der Waals surface area contributed by atoms with Crippen molar-refractivity contribution in [3.05, 3.63) is 53.5 Å². The normalized spacial score (nSPS) is 18.6. The van der Waals surface area contributed by atoms with Crippen LogP contribution in [-0.2, 0) is 24.2 Å². The molecule has 5 rings (SSSR count). The Bertz CT molecular complexity index is 1080. The SMILES string of the molecule is COc1ccc(CNC(=O)[C@@H]2CCCN(c3nccn4nc5c(c34)CCCC5)C2)cc1. The van der Waals surface area contributed by atoms with Crippen LogP contribution in [0.3, 0.4) is 0 Å². The lowest BCUT2D eigenvalue weighted by atomic mass is 9.95. The van der Waals surface area contributed by atoms with Crippen LogP contribution in [0.15, 0.2) is 36.7 Å². The number of aryl methyl sites for hydroxylation is 2. The van der Waals surface area contributed by atoms with Crippen LogP contribution in [0.5, 0.6) is 5.75 Å². The van der Waals surface area contributed by atoms with Crippen molar-refractivity contribution in [3.8, 4) is 5.75 Å². The molecule has 1 aromatic carbocycles. The molecule has 3 heterocycles. The summed E-state index contributed by atoms with van der Waals surface area (Å²) in [5.41, 5.74) is 4.77. The summed E-state index contributed by atoms with van der Waals surface area (Å²) in [6, 6.07) is 7.81. The van der Waals surface area contributed by atoms with Gasteiger partial charge in [-0.2, -0.15) is 5.10 Å². The van der Waals surface area contributed by atoms with E-state index in [0.29, 0.717) is 13.1 Å². The van der Waals surface area contributed by atoms with E-state index in [1.807, 2.05) is 41.2 Å². The average Bonchev–Trinajstić information content (AvgIpc) is 3.22. The molecule has 1 aliphatic heterocycles. The molecule has 7 heteroatoms. The zero-order valence-electron chi connectivity index (χ0n) is 18.0. The fourth-order valence-electron chi connectivity index (χ4n) is 4.84. The molecule has 1 fully saturated rings. The fourth-order valence-corrected chi connectivity index (χ4v) is 4.84. The first-order valence-corrected chi connectivity index (χ1v) is 11.2. The van der Waals surface area contributed by atoms with Crippen molar-refractivity contribution in [2.24, 2.45) is 5.92 Å². The number of aromatic nitrogens is 3. The van der Waals surface area contributed by atoms with Gasteiger partial charge in [0, 0.05) is 37.6 Å². The molecule has 1 atom stereocenters. The maximum absolute atomic E-state index is 12.9. The van der Waals surface area contributed by atoms with E-state index in [4.69, 9.17) is 14.8 Å². The van der Waals surface area contributed by atoms with Gasteiger partial charge >= 0.3 is 0 Å². The smallest absolute Gasteiger partial charge is 0.225 e. The highest BCUT2D eigenvalue weighted by Crippen LogP contribution is 2.32. The van der Waals surface area contributed by atoms with Crippen LogP contribution in [0.25, 0.3) is 5.52 Å². The van der Waals surface area contributed by atoms with E-state index in [1.165, 1.54) is 24.1 Å². The molecule has 1 N–H and O–H groups in total. The molecule has 0 radical (unpaired) electrons. The maximum atomic E-state index is 12.9. The lowest BCUT2D eigenvalue weighted by Crippen LogP contribution is -2.43. The molecule has 2 aliphatic rings. The van der Waals surface area contributed by atoms with E-state index in [9.17, 15) is 4.79 Å². The lowest BCUT2D eigenvalue weighted by molar-refractivity contribution is -0.125. The Morgan fingerprint density at radius 2 is 2.03 bits per heavy atom. The number of piperidine rings is 1. The molecule has 162 valence electrons. The fraction of sp³-hybridized carbons (Fsp3) is 0.458. The summed E-state index contributed by atoms with van der Waals surface area (Å²) in [4.78, 5) is 19.9. The standard InChI is InChI=1S/C24H29N5O2/c1-31-19-10-8-17(9-11-19)15-26-24(30)18-5-4-13-28(16-18)23-22-20-6-2-3-7-21(20)27-29(22)14-12-25-23/h8-12,14,18H,2-7,13,15-16H2,1H3,(H,26,30)/t18-/m1/s1. The van der Waals surface area contributed by atoms with Crippen LogP contribution in [0.2, 0.25) is 0 Å². The second-order valence-corrected chi connectivity index (χ2v) is 8.53. The van der Waals surface area contributed by atoms with Crippen molar-refractivity contribution in [3.63, 3.8) is 0 Å². The van der Waals surface area contributed by atoms with E-state index in [1.54, 1.807) is 7.11 Å². The number of rotatable bonds is 5. The highest BCUT2D eigenvalue weighted by atomic mass is 16.5. The Morgan fingerprint density at radius 3 is 2.87 bits per heavy atom. The molecule has 7 nitrogen and oxygen atoms in total. The summed E-state index contributed by atoms with van der Waals surface area (Å²) in [6.45, 7) is 2.15. The number of amides is 1. The second kappa shape index (κ2) is 8.57. The molecule has 3 aromatic rings. The largest absolute Gasteiger partial charge is 0.497 e. The van der Waals surface area contributed by atoms with Gasteiger partial charge in [-0.1, -0.05) is 12.1 Å². The topological polar surface area (TPSA) is 71.8 Å². The van der Waals surface area contributed by atoms with Crippen LogP contribution >= 0.6 is 0 Å². The molecule has 1 aliphatic carbocycles. The number of anilines is 1. The maximum Gasteiger partial charge on any atom is 0.225 e. The number of carbonyl (C=O) groups excluding carboxylic acids is 1. The van der Waals surface area contributed by atoms with Crippen LogP contribution in [0.4, 0.5) is 5.82 Å². The molecule has 0 spiro atoms. The Balaban J connectivity index is 1.30. The Hall–Kier alpha value is -3.09. The van der Waals surface area contributed by atoms with Gasteiger partial charge in [0.05, 0.1) is 18.7 Å². The van der Waals surface area contributed by atoms with Crippen molar-refractivity contribution in [2.45, 2.75) is 45.1 Å². The summed E-state index contributed by atoms with van der Waals surface area (Å²) in [6.07, 6.45) is 10.2. The molecule has 2 aromatic heterocycles. The zero-order chi connectivity index (χ0) is 21.2. The van der Waals surface area contributed by atoms with Gasteiger partial charge in [0.1, 0.15) is 11.3 Å². The summed E-state index contributed by atoms with van der Waals surface area (Å²) in [5, 5.41) is 7.92.